The molecule has 3 heteroatoms. The first kappa shape index (κ1) is 5.43. The first-order chi connectivity index (χ1) is 2.64. The number of nitrogens with zero attached hydrogens (tertiary/aromatic N) is 1. The van der Waals surface area contributed by atoms with Crippen LogP contribution < -0.4 is 0 Å². The van der Waals surface area contributed by atoms with Gasteiger partial charge in [-0.2, -0.15) is 0 Å². The van der Waals surface area contributed by atoms with E-state index < -0.39 is 5.91 Å². The number of rotatable bonds is 0. The van der Waals surface area contributed by atoms with Crippen molar-refractivity contribution in [3.05, 3.63) is 7.05 Å². The molecular weight excluding hydrogens is 82.0 g/mol. The van der Waals surface area contributed by atoms with Crippen molar-refractivity contribution in [2.75, 3.05) is 0 Å². The van der Waals surface area contributed by atoms with Gasteiger partial charge in [0.15, 0.2) is 0 Å². The topological polar surface area (TPSA) is 40.5 Å². The molecule has 6 heavy (non-hydrogen) atoms. The van der Waals surface area contributed by atoms with Gasteiger partial charge in [0.1, 0.15) is 7.05 Å². The molecule has 0 unspecified atom stereocenters. The summed E-state index contributed by atoms with van der Waals surface area (Å²) in [6.45, 7) is 1.15. The van der Waals surface area contributed by atoms with Gasteiger partial charge in [-0.25, -0.2) is 5.06 Å². The van der Waals surface area contributed by atoms with Gasteiger partial charge in [0, 0.05) is 6.92 Å². The monoisotopic (exact) mass is 87.0 g/mol. The van der Waals surface area contributed by atoms with Crippen LogP contribution in [-0.4, -0.2) is 16.2 Å². The van der Waals surface area contributed by atoms with Crippen molar-refractivity contribution >= 4 is 5.91 Å². The van der Waals surface area contributed by atoms with Crippen molar-refractivity contribution in [3.63, 3.8) is 0 Å². The van der Waals surface area contributed by atoms with E-state index in [4.69, 9.17) is 5.21 Å². The molecule has 0 saturated heterocycles. The van der Waals surface area contributed by atoms with Crippen LogP contribution in [0.25, 0.3) is 0 Å². The molecule has 0 atom stereocenters. The molecule has 0 aliphatic rings. The molecule has 0 heterocycles. The van der Waals surface area contributed by atoms with Gasteiger partial charge < -0.3 is 0 Å². The smallest absolute Gasteiger partial charge is 0.243 e. The van der Waals surface area contributed by atoms with Gasteiger partial charge in [0.2, 0.25) is 5.91 Å². The minimum absolute atomic E-state index is 0.0278. The van der Waals surface area contributed by atoms with Crippen LogP contribution in [0.1, 0.15) is 6.92 Å². The lowest BCUT2D eigenvalue weighted by Crippen LogP contribution is -2.15. The highest BCUT2D eigenvalue weighted by Crippen LogP contribution is 1.72. The summed E-state index contributed by atoms with van der Waals surface area (Å²) in [5.74, 6) is -0.574. The summed E-state index contributed by atoms with van der Waals surface area (Å²) >= 11 is 0. The second-order valence-electron chi connectivity index (χ2n) is 0.864. The lowest BCUT2D eigenvalue weighted by atomic mass is 10.7. The van der Waals surface area contributed by atoms with Crippen molar-refractivity contribution in [2.24, 2.45) is 0 Å². The highest BCUT2D eigenvalue weighted by atomic mass is 16.5. The normalized spacial score (nSPS) is 7.83. The third-order valence-electron chi connectivity index (χ3n) is 0.323. The van der Waals surface area contributed by atoms with Gasteiger partial charge in [-0.1, -0.05) is 0 Å². The maximum Gasteiger partial charge on any atom is 0.243 e. The molecule has 0 rings (SSSR count). The predicted molar refractivity (Wildman–Crippen MR) is 18.6 cm³/mol. The molecule has 1 N–H and O–H groups in total. The molecule has 0 aliphatic carbocycles. The molecule has 1 amide bonds. The molecule has 0 aromatic rings. The summed E-state index contributed by atoms with van der Waals surface area (Å²) in [6.07, 6.45) is 0. The molecule has 2 radical (unpaired) electrons. The summed E-state index contributed by atoms with van der Waals surface area (Å²) < 4.78 is 0. The van der Waals surface area contributed by atoms with Crippen LogP contribution in [0.3, 0.4) is 0 Å². The zero-order chi connectivity index (χ0) is 5.15. The standard InChI is InChI=1S/C3H5NO2/c1-3(5)4(2)6/h2,6H,1H3. The van der Waals surface area contributed by atoms with E-state index >= 15 is 0 Å². The molecule has 0 fully saturated rings. The molecule has 0 aliphatic heterocycles. The maximum atomic E-state index is 9.69. The fourth-order valence-corrected chi connectivity index (χ4v) is 0. The minimum atomic E-state index is -0.574. The van der Waals surface area contributed by atoms with Crippen LogP contribution in [0, 0.1) is 7.05 Å². The summed E-state index contributed by atoms with van der Waals surface area (Å²) in [6, 6.07) is 0. The van der Waals surface area contributed by atoms with Crippen LogP contribution in [0.15, 0.2) is 0 Å². The number of amides is 1. The van der Waals surface area contributed by atoms with Crippen molar-refractivity contribution in [1.29, 1.82) is 0 Å². The molecule has 0 saturated carbocycles. The van der Waals surface area contributed by atoms with Gasteiger partial charge in [0.05, 0.1) is 0 Å². The highest BCUT2D eigenvalue weighted by molar-refractivity contribution is 5.71. The molecular formula is C3H5NO2. The van der Waals surface area contributed by atoms with E-state index in [1.165, 1.54) is 0 Å². The van der Waals surface area contributed by atoms with Crippen molar-refractivity contribution in [1.82, 2.24) is 5.06 Å². The Labute approximate surface area is 36.1 Å². The maximum absolute atomic E-state index is 9.69. The van der Waals surface area contributed by atoms with E-state index in [1.54, 1.807) is 0 Å². The van der Waals surface area contributed by atoms with E-state index in [-0.39, 0.29) is 5.06 Å². The fourth-order valence-electron chi connectivity index (χ4n) is 0. The Balaban J connectivity index is 3.26. The Morgan fingerprint density at radius 3 is 2.17 bits per heavy atom. The molecule has 3 nitrogen and oxygen atoms in total. The van der Waals surface area contributed by atoms with Gasteiger partial charge in [0.25, 0.3) is 0 Å². The van der Waals surface area contributed by atoms with Gasteiger partial charge in [-0.05, 0) is 0 Å². The van der Waals surface area contributed by atoms with E-state index in [0.29, 0.717) is 0 Å². The largest absolute Gasteiger partial charge is 0.285 e. The van der Waals surface area contributed by atoms with E-state index in [2.05, 4.69) is 7.05 Å². The van der Waals surface area contributed by atoms with Crippen molar-refractivity contribution in [2.45, 2.75) is 6.92 Å². The Hall–Kier alpha value is -0.570. The number of hydrogen-bond acceptors (Lipinski definition) is 2. The second kappa shape index (κ2) is 1.77. The SMILES string of the molecule is [CH]N(O)C(C)=O. The van der Waals surface area contributed by atoms with Crippen LogP contribution >= 0.6 is 0 Å². The third kappa shape index (κ3) is 1.72. The van der Waals surface area contributed by atoms with Crippen LogP contribution in [-0.2, 0) is 4.79 Å². The average Bonchev–Trinajstić information content (AvgIpc) is 1.36. The number of hydrogen-bond donors (Lipinski definition) is 1. The van der Waals surface area contributed by atoms with E-state index in [1.807, 2.05) is 0 Å². The fraction of sp³-hybridized carbons (Fsp3) is 0.333. The Morgan fingerprint density at radius 2 is 2.17 bits per heavy atom. The van der Waals surface area contributed by atoms with Gasteiger partial charge in [-0.15, -0.1) is 0 Å². The summed E-state index contributed by atoms with van der Waals surface area (Å²) in [7, 11) is 4.47. The van der Waals surface area contributed by atoms with E-state index in [0.717, 1.165) is 6.92 Å². The molecule has 0 aromatic carbocycles. The third-order valence-corrected chi connectivity index (χ3v) is 0.323. The average molecular weight is 87.1 g/mol. The zero-order valence-electron chi connectivity index (χ0n) is 3.38. The predicted octanol–water partition coefficient (Wildman–Crippen LogP) is -0.107. The molecule has 0 spiro atoms. The number of hydroxylamine groups is 2. The Kier molecular flexibility index (Phi) is 1.60. The molecule has 34 valence electrons. The molecule has 0 bridgehead atoms. The van der Waals surface area contributed by atoms with E-state index in [9.17, 15) is 4.79 Å². The number of carbonyl (C=O) groups is 1. The van der Waals surface area contributed by atoms with Crippen molar-refractivity contribution < 1.29 is 10.0 Å². The van der Waals surface area contributed by atoms with Crippen LogP contribution in [0.2, 0.25) is 0 Å². The Morgan fingerprint density at radius 1 is 2.00 bits per heavy atom. The molecule has 0 aromatic heterocycles. The lowest BCUT2D eigenvalue weighted by molar-refractivity contribution is -0.152. The summed E-state index contributed by atoms with van der Waals surface area (Å²) in [5.41, 5.74) is 0. The Bertz CT molecular complexity index is 59.8. The summed E-state index contributed by atoms with van der Waals surface area (Å²) in [5, 5.41) is 7.92. The van der Waals surface area contributed by atoms with Gasteiger partial charge >= 0.3 is 0 Å². The minimum Gasteiger partial charge on any atom is -0.285 e. The van der Waals surface area contributed by atoms with Crippen LogP contribution in [0.5, 0.6) is 0 Å². The zero-order valence-corrected chi connectivity index (χ0v) is 3.38. The lowest BCUT2D eigenvalue weighted by Gasteiger charge is -1.98. The van der Waals surface area contributed by atoms with Gasteiger partial charge in [-0.3, -0.25) is 10.0 Å². The number of carbonyl (C=O) groups excluding carboxylic acids is 1. The quantitative estimate of drug-likeness (QED) is 0.254. The second-order valence-corrected chi connectivity index (χ2v) is 0.864. The van der Waals surface area contributed by atoms with Crippen LogP contribution in [0.4, 0.5) is 0 Å². The first-order valence-electron chi connectivity index (χ1n) is 1.39. The van der Waals surface area contributed by atoms with Crippen molar-refractivity contribution in [3.8, 4) is 0 Å². The summed E-state index contributed by atoms with van der Waals surface area (Å²) in [4.78, 5) is 9.69. The first-order valence-corrected chi connectivity index (χ1v) is 1.39. The highest BCUT2D eigenvalue weighted by Gasteiger charge is 1.91.